The van der Waals surface area contributed by atoms with Crippen molar-refractivity contribution >= 4 is 6.34 Å². The zero-order chi connectivity index (χ0) is 7.82. The minimum absolute atomic E-state index is 0.111. The lowest BCUT2D eigenvalue weighted by Crippen LogP contribution is -2.07. The van der Waals surface area contributed by atoms with Gasteiger partial charge in [-0.1, -0.05) is 6.08 Å². The van der Waals surface area contributed by atoms with Gasteiger partial charge in [-0.3, -0.25) is 4.99 Å². The van der Waals surface area contributed by atoms with E-state index >= 15 is 0 Å². The molecule has 0 heterocycles. The summed E-state index contributed by atoms with van der Waals surface area (Å²) in [6, 6.07) is 0. The van der Waals surface area contributed by atoms with Crippen LogP contribution in [0.15, 0.2) is 17.3 Å². The Morgan fingerprint density at radius 2 is 2.30 bits per heavy atom. The molecule has 0 radical (unpaired) electrons. The first-order valence-corrected chi connectivity index (χ1v) is 3.26. The van der Waals surface area contributed by atoms with Crippen molar-refractivity contribution in [1.82, 2.24) is 4.90 Å². The van der Waals surface area contributed by atoms with E-state index in [0.717, 1.165) is 0 Å². The first-order chi connectivity index (χ1) is 4.81. The first-order valence-electron chi connectivity index (χ1n) is 3.26. The molecule has 58 valence electrons. The van der Waals surface area contributed by atoms with Gasteiger partial charge >= 0.3 is 0 Å². The highest BCUT2D eigenvalue weighted by atomic mass is 16.3. The molecule has 0 amide bonds. The molecule has 0 atom stereocenters. The normalized spacial score (nSPS) is 11.5. The lowest BCUT2D eigenvalue weighted by molar-refractivity contribution is 0.306. The molecule has 0 spiro atoms. The summed E-state index contributed by atoms with van der Waals surface area (Å²) in [6.45, 7) is 2.53. The summed E-state index contributed by atoms with van der Waals surface area (Å²) in [7, 11) is 1.89. The monoisotopic (exact) mass is 142 g/mol. The average molecular weight is 142 g/mol. The molecule has 0 saturated carbocycles. The highest BCUT2D eigenvalue weighted by Gasteiger charge is 1.79. The van der Waals surface area contributed by atoms with Gasteiger partial charge in [0, 0.05) is 13.2 Å². The van der Waals surface area contributed by atoms with Crippen molar-refractivity contribution in [2.45, 2.75) is 6.92 Å². The standard InChI is InChI=1S/C7H14N2O/c1-3-5-9(2)7-8-4-6-10/h3,5,7,10H,4,6H2,1-2H3/b5-3+,8-7-. The minimum Gasteiger partial charge on any atom is -0.394 e. The molecule has 10 heavy (non-hydrogen) atoms. The average Bonchev–Trinajstić information content (AvgIpc) is 1.89. The van der Waals surface area contributed by atoms with Crippen LogP contribution in [0.3, 0.4) is 0 Å². The zero-order valence-electron chi connectivity index (χ0n) is 6.49. The largest absolute Gasteiger partial charge is 0.394 e. The van der Waals surface area contributed by atoms with Crippen LogP contribution in [0, 0.1) is 0 Å². The van der Waals surface area contributed by atoms with Crippen LogP contribution in [0.5, 0.6) is 0 Å². The van der Waals surface area contributed by atoms with Gasteiger partial charge in [0.2, 0.25) is 0 Å². The molecule has 0 aliphatic rings. The summed E-state index contributed by atoms with van der Waals surface area (Å²) in [5.41, 5.74) is 0. The van der Waals surface area contributed by atoms with Gasteiger partial charge in [0.25, 0.3) is 0 Å². The van der Waals surface area contributed by atoms with Gasteiger partial charge in [0.1, 0.15) is 0 Å². The zero-order valence-corrected chi connectivity index (χ0v) is 6.49. The predicted octanol–water partition coefficient (Wildman–Crippen LogP) is 0.472. The van der Waals surface area contributed by atoms with Gasteiger partial charge in [-0.05, 0) is 6.92 Å². The van der Waals surface area contributed by atoms with Crippen LogP contribution >= 0.6 is 0 Å². The fraction of sp³-hybridized carbons (Fsp3) is 0.571. The van der Waals surface area contributed by atoms with Gasteiger partial charge in [-0.25, -0.2) is 0 Å². The summed E-state index contributed by atoms with van der Waals surface area (Å²) in [5.74, 6) is 0. The summed E-state index contributed by atoms with van der Waals surface area (Å²) >= 11 is 0. The van der Waals surface area contributed by atoms with Crippen LogP contribution in [0.1, 0.15) is 6.92 Å². The van der Waals surface area contributed by atoms with Gasteiger partial charge in [0.15, 0.2) is 0 Å². The Kier molecular flexibility index (Phi) is 5.77. The number of aliphatic hydroxyl groups is 1. The topological polar surface area (TPSA) is 35.8 Å². The van der Waals surface area contributed by atoms with Crippen molar-refractivity contribution in [3.8, 4) is 0 Å². The van der Waals surface area contributed by atoms with Crippen LogP contribution < -0.4 is 0 Å². The van der Waals surface area contributed by atoms with Crippen LogP contribution in [0.4, 0.5) is 0 Å². The Hall–Kier alpha value is -0.830. The molecule has 0 bridgehead atoms. The van der Waals surface area contributed by atoms with Crippen LogP contribution in [0.2, 0.25) is 0 Å². The van der Waals surface area contributed by atoms with E-state index in [4.69, 9.17) is 5.11 Å². The maximum absolute atomic E-state index is 8.36. The summed E-state index contributed by atoms with van der Waals surface area (Å²) in [5, 5.41) is 8.36. The third-order valence-electron chi connectivity index (χ3n) is 0.877. The quantitative estimate of drug-likeness (QED) is 0.457. The Labute approximate surface area is 61.7 Å². The lowest BCUT2D eigenvalue weighted by atomic mass is 10.6. The lowest BCUT2D eigenvalue weighted by Gasteiger charge is -2.03. The molecule has 0 aliphatic carbocycles. The Morgan fingerprint density at radius 1 is 1.60 bits per heavy atom. The molecular weight excluding hydrogens is 128 g/mol. The third-order valence-corrected chi connectivity index (χ3v) is 0.877. The second-order valence-corrected chi connectivity index (χ2v) is 1.89. The van der Waals surface area contributed by atoms with E-state index in [2.05, 4.69) is 4.99 Å². The molecule has 1 N–H and O–H groups in total. The van der Waals surface area contributed by atoms with Crippen LogP contribution in [0.25, 0.3) is 0 Å². The van der Waals surface area contributed by atoms with Crippen molar-refractivity contribution in [3.05, 3.63) is 12.3 Å². The van der Waals surface area contributed by atoms with Gasteiger partial charge in [-0.2, -0.15) is 0 Å². The van der Waals surface area contributed by atoms with E-state index in [1.807, 2.05) is 31.1 Å². The van der Waals surface area contributed by atoms with Gasteiger partial charge in [-0.15, -0.1) is 0 Å². The smallest absolute Gasteiger partial charge is 0.0887 e. The van der Waals surface area contributed by atoms with E-state index in [1.165, 1.54) is 0 Å². The second kappa shape index (κ2) is 6.29. The van der Waals surface area contributed by atoms with Crippen LogP contribution in [-0.4, -0.2) is 36.5 Å². The number of aliphatic imine (C=N–C) groups is 1. The minimum atomic E-state index is 0.111. The summed E-state index contributed by atoms with van der Waals surface area (Å²) in [4.78, 5) is 5.74. The van der Waals surface area contributed by atoms with Crippen molar-refractivity contribution in [3.63, 3.8) is 0 Å². The molecule has 0 aromatic rings. The fourth-order valence-electron chi connectivity index (χ4n) is 0.518. The number of hydrogen-bond donors (Lipinski definition) is 1. The molecule has 0 aromatic heterocycles. The van der Waals surface area contributed by atoms with E-state index in [9.17, 15) is 0 Å². The number of allylic oxidation sites excluding steroid dienone is 1. The van der Waals surface area contributed by atoms with Gasteiger partial charge in [0.05, 0.1) is 19.5 Å². The number of nitrogens with zero attached hydrogens (tertiary/aromatic N) is 2. The molecule has 0 unspecified atom stereocenters. The maximum atomic E-state index is 8.36. The highest BCUT2D eigenvalue weighted by Crippen LogP contribution is 1.78. The van der Waals surface area contributed by atoms with Crippen LogP contribution in [-0.2, 0) is 0 Å². The summed E-state index contributed by atoms with van der Waals surface area (Å²) < 4.78 is 0. The van der Waals surface area contributed by atoms with E-state index < -0.39 is 0 Å². The molecule has 0 fully saturated rings. The van der Waals surface area contributed by atoms with Crippen molar-refractivity contribution in [1.29, 1.82) is 0 Å². The van der Waals surface area contributed by atoms with Crippen molar-refractivity contribution in [2.75, 3.05) is 20.2 Å². The molecule has 0 aromatic carbocycles. The Morgan fingerprint density at radius 3 is 2.80 bits per heavy atom. The highest BCUT2D eigenvalue weighted by molar-refractivity contribution is 5.55. The predicted molar refractivity (Wildman–Crippen MR) is 43.0 cm³/mol. The maximum Gasteiger partial charge on any atom is 0.0887 e. The molecular formula is C7H14N2O. The second-order valence-electron chi connectivity index (χ2n) is 1.89. The van der Waals surface area contributed by atoms with E-state index in [-0.39, 0.29) is 6.61 Å². The number of aliphatic hydroxyl groups excluding tert-OH is 1. The van der Waals surface area contributed by atoms with Crippen molar-refractivity contribution in [2.24, 2.45) is 4.99 Å². The molecule has 3 nitrogen and oxygen atoms in total. The first kappa shape index (κ1) is 9.17. The molecule has 0 saturated heterocycles. The Balaban J connectivity index is 3.45. The molecule has 0 aliphatic heterocycles. The molecule has 0 rings (SSSR count). The number of hydrogen-bond acceptors (Lipinski definition) is 2. The summed E-state index contributed by atoms with van der Waals surface area (Å²) in [6.07, 6.45) is 5.49. The Bertz CT molecular complexity index is 121. The van der Waals surface area contributed by atoms with E-state index in [0.29, 0.717) is 6.54 Å². The SMILES string of the molecule is C/C=C/N(C)/C=N\CCO. The number of rotatable bonds is 4. The van der Waals surface area contributed by atoms with E-state index in [1.54, 1.807) is 6.34 Å². The molecule has 3 heteroatoms. The third kappa shape index (κ3) is 5.31. The van der Waals surface area contributed by atoms with Gasteiger partial charge < -0.3 is 10.0 Å². The fourth-order valence-corrected chi connectivity index (χ4v) is 0.518. The van der Waals surface area contributed by atoms with Crippen molar-refractivity contribution < 1.29 is 5.11 Å².